The summed E-state index contributed by atoms with van der Waals surface area (Å²) in [5, 5.41) is 2.38. The molecule has 0 bridgehead atoms. The maximum Gasteiger partial charge on any atom is 0.330 e. The molecule has 0 radical (unpaired) electrons. The molecule has 0 unspecified atom stereocenters. The first-order valence-corrected chi connectivity index (χ1v) is 10.5. The fraction of sp³-hybridized carbons (Fsp3) is 0.381. The molecule has 1 aliphatic rings. The maximum atomic E-state index is 12.5. The average molecular weight is 416 g/mol. The highest BCUT2D eigenvalue weighted by molar-refractivity contribution is 7.99. The Morgan fingerprint density at radius 2 is 2.00 bits per heavy atom. The number of hydrogen-bond acceptors (Lipinski definition) is 6. The van der Waals surface area contributed by atoms with Crippen molar-refractivity contribution < 1.29 is 23.5 Å². The molecule has 3 rings (SSSR count). The van der Waals surface area contributed by atoms with Crippen LogP contribution in [0.15, 0.2) is 53.1 Å². The molecule has 1 N–H and O–H groups in total. The highest BCUT2D eigenvalue weighted by Crippen LogP contribution is 2.41. The number of benzene rings is 1. The summed E-state index contributed by atoms with van der Waals surface area (Å²) < 4.78 is 10.5. The number of carbonyl (C=O) groups excluding carboxylic acids is 3. The van der Waals surface area contributed by atoms with E-state index >= 15 is 0 Å². The van der Waals surface area contributed by atoms with E-state index in [1.165, 1.54) is 35.4 Å². The molecule has 0 saturated carbocycles. The van der Waals surface area contributed by atoms with Crippen LogP contribution in [0.1, 0.15) is 30.0 Å². The summed E-state index contributed by atoms with van der Waals surface area (Å²) in [5.74, 6) is -0.182. The number of rotatable bonds is 8. The molecule has 1 aliphatic heterocycles. The van der Waals surface area contributed by atoms with E-state index in [0.717, 1.165) is 12.8 Å². The lowest BCUT2D eigenvalue weighted by molar-refractivity contribution is -0.156. The molecular formula is C21H24N2O5S. The van der Waals surface area contributed by atoms with E-state index in [1.807, 2.05) is 30.3 Å². The van der Waals surface area contributed by atoms with Crippen LogP contribution in [0.25, 0.3) is 0 Å². The van der Waals surface area contributed by atoms with Gasteiger partial charge < -0.3 is 19.4 Å². The third kappa shape index (κ3) is 5.63. The summed E-state index contributed by atoms with van der Waals surface area (Å²) in [5.41, 5.74) is 1.21. The Kier molecular flexibility index (Phi) is 7.35. The van der Waals surface area contributed by atoms with Crippen LogP contribution >= 0.6 is 11.8 Å². The quantitative estimate of drug-likeness (QED) is 0.526. The molecule has 1 aromatic heterocycles. The molecule has 1 saturated heterocycles. The van der Waals surface area contributed by atoms with E-state index in [9.17, 15) is 14.4 Å². The third-order valence-corrected chi connectivity index (χ3v) is 5.86. The molecule has 29 heavy (non-hydrogen) atoms. The average Bonchev–Trinajstić information content (AvgIpc) is 3.39. The van der Waals surface area contributed by atoms with E-state index in [0.29, 0.717) is 18.1 Å². The second-order valence-electron chi connectivity index (χ2n) is 6.69. The summed E-state index contributed by atoms with van der Waals surface area (Å²) in [4.78, 5) is 37.9. The van der Waals surface area contributed by atoms with Crippen molar-refractivity contribution in [2.75, 3.05) is 18.9 Å². The minimum Gasteiger partial charge on any atom is -0.466 e. The predicted molar refractivity (Wildman–Crippen MR) is 109 cm³/mol. The number of hydrogen-bond donors (Lipinski definition) is 1. The van der Waals surface area contributed by atoms with Gasteiger partial charge in [0.1, 0.15) is 17.2 Å². The summed E-state index contributed by atoms with van der Waals surface area (Å²) in [6.45, 7) is 1.55. The number of esters is 1. The van der Waals surface area contributed by atoms with Crippen LogP contribution in [0.5, 0.6) is 0 Å². The molecule has 1 fully saturated rings. The van der Waals surface area contributed by atoms with Crippen LogP contribution in [-0.2, 0) is 25.5 Å². The smallest absolute Gasteiger partial charge is 0.330 e. The normalized spacial score (nSPS) is 18.4. The molecule has 1 aromatic carbocycles. The standard InChI is InChI=1S/C21H24N2O5S/c1-15(24)23-17(14-29-20(23)18-10-6-12-27-18)21(26)28-13-19(25)22-11-5-9-16-7-3-2-4-8-16/h2-4,6-8,10,12,17,20H,5,9,11,13-14H2,1H3,(H,22,25)/t17-,20-/m0/s1. The van der Waals surface area contributed by atoms with Gasteiger partial charge in [-0.1, -0.05) is 30.3 Å². The molecule has 8 heteroatoms. The molecule has 2 aromatic rings. The number of nitrogens with one attached hydrogen (secondary N) is 1. The van der Waals surface area contributed by atoms with E-state index in [1.54, 1.807) is 12.1 Å². The van der Waals surface area contributed by atoms with Gasteiger partial charge in [0.2, 0.25) is 5.91 Å². The van der Waals surface area contributed by atoms with Crippen molar-refractivity contribution in [3.63, 3.8) is 0 Å². The first-order chi connectivity index (χ1) is 14.1. The van der Waals surface area contributed by atoms with Crippen LogP contribution in [0, 0.1) is 0 Å². The van der Waals surface area contributed by atoms with E-state index in [4.69, 9.17) is 9.15 Å². The van der Waals surface area contributed by atoms with Crippen LogP contribution in [-0.4, -0.2) is 47.6 Å². The molecule has 2 atom stereocenters. The van der Waals surface area contributed by atoms with Crippen molar-refractivity contribution in [2.24, 2.45) is 0 Å². The summed E-state index contributed by atoms with van der Waals surface area (Å²) in [6, 6.07) is 12.8. The Hall–Kier alpha value is -2.74. The third-order valence-electron chi connectivity index (χ3n) is 4.58. The van der Waals surface area contributed by atoms with Gasteiger partial charge in [-0.3, -0.25) is 9.59 Å². The zero-order valence-electron chi connectivity index (χ0n) is 16.2. The van der Waals surface area contributed by atoms with Crippen molar-refractivity contribution in [3.05, 3.63) is 60.1 Å². The number of nitrogens with zero attached hydrogens (tertiary/aromatic N) is 1. The van der Waals surface area contributed by atoms with Gasteiger partial charge in [-0.05, 0) is 30.5 Å². The molecule has 0 aliphatic carbocycles. The van der Waals surface area contributed by atoms with Gasteiger partial charge >= 0.3 is 5.97 Å². The van der Waals surface area contributed by atoms with Crippen molar-refractivity contribution in [1.82, 2.24) is 10.2 Å². The minimum absolute atomic E-state index is 0.247. The lowest BCUT2D eigenvalue weighted by atomic mass is 10.1. The van der Waals surface area contributed by atoms with Crippen LogP contribution in [0.2, 0.25) is 0 Å². The van der Waals surface area contributed by atoms with Crippen molar-refractivity contribution in [3.8, 4) is 0 Å². The zero-order valence-corrected chi connectivity index (χ0v) is 17.0. The topological polar surface area (TPSA) is 88.8 Å². The van der Waals surface area contributed by atoms with Gasteiger partial charge in [-0.15, -0.1) is 11.8 Å². The fourth-order valence-corrected chi connectivity index (χ4v) is 4.59. The van der Waals surface area contributed by atoms with Gasteiger partial charge in [-0.25, -0.2) is 4.79 Å². The predicted octanol–water partition coefficient (Wildman–Crippen LogP) is 2.53. The SMILES string of the molecule is CC(=O)N1[C@H](C(=O)OCC(=O)NCCCc2ccccc2)CS[C@H]1c1ccco1. The Balaban J connectivity index is 1.42. The minimum atomic E-state index is -0.738. The molecular weight excluding hydrogens is 392 g/mol. The fourth-order valence-electron chi connectivity index (χ4n) is 3.17. The van der Waals surface area contributed by atoms with E-state index in [-0.39, 0.29) is 23.8 Å². The Morgan fingerprint density at radius 1 is 1.21 bits per heavy atom. The number of ether oxygens (including phenoxy) is 1. The van der Waals surface area contributed by atoms with Crippen LogP contribution < -0.4 is 5.32 Å². The maximum absolute atomic E-state index is 12.5. The first kappa shape index (κ1) is 21.0. The summed E-state index contributed by atoms with van der Waals surface area (Å²) >= 11 is 1.43. The molecule has 2 amide bonds. The van der Waals surface area contributed by atoms with Gasteiger partial charge in [0, 0.05) is 19.2 Å². The molecule has 7 nitrogen and oxygen atoms in total. The van der Waals surface area contributed by atoms with Crippen molar-refractivity contribution in [2.45, 2.75) is 31.2 Å². The van der Waals surface area contributed by atoms with Gasteiger partial charge in [0.15, 0.2) is 6.61 Å². The Bertz CT molecular complexity index is 825. The molecule has 0 spiro atoms. The highest BCUT2D eigenvalue weighted by Gasteiger charge is 2.43. The summed E-state index contributed by atoms with van der Waals surface area (Å²) in [7, 11) is 0. The van der Waals surface area contributed by atoms with Gasteiger partial charge in [0.25, 0.3) is 5.91 Å². The number of carbonyl (C=O) groups is 3. The van der Waals surface area contributed by atoms with Crippen molar-refractivity contribution >= 4 is 29.5 Å². The van der Waals surface area contributed by atoms with Crippen LogP contribution in [0.3, 0.4) is 0 Å². The molecule has 2 heterocycles. The largest absolute Gasteiger partial charge is 0.466 e. The lowest BCUT2D eigenvalue weighted by Gasteiger charge is -2.25. The Morgan fingerprint density at radius 3 is 2.69 bits per heavy atom. The van der Waals surface area contributed by atoms with E-state index in [2.05, 4.69) is 5.32 Å². The van der Waals surface area contributed by atoms with Crippen molar-refractivity contribution in [1.29, 1.82) is 0 Å². The van der Waals surface area contributed by atoms with Crippen LogP contribution in [0.4, 0.5) is 0 Å². The van der Waals surface area contributed by atoms with Gasteiger partial charge in [-0.2, -0.15) is 0 Å². The Labute approximate surface area is 173 Å². The first-order valence-electron chi connectivity index (χ1n) is 9.47. The second kappa shape index (κ2) is 10.2. The highest BCUT2D eigenvalue weighted by atomic mass is 32.2. The number of furan rings is 1. The molecule has 154 valence electrons. The summed E-state index contributed by atoms with van der Waals surface area (Å²) in [6.07, 6.45) is 3.19. The second-order valence-corrected chi connectivity index (χ2v) is 7.80. The zero-order chi connectivity index (χ0) is 20.6. The van der Waals surface area contributed by atoms with E-state index < -0.39 is 12.0 Å². The number of thioether (sulfide) groups is 1. The number of aryl methyl sites for hydroxylation is 1. The lowest BCUT2D eigenvalue weighted by Crippen LogP contribution is -2.43. The number of amides is 2. The monoisotopic (exact) mass is 416 g/mol. The van der Waals surface area contributed by atoms with Gasteiger partial charge in [0.05, 0.1) is 6.26 Å².